The number of nitrogens with zero attached hydrogens (tertiary/aromatic N) is 2. The number of carbonyl (C=O) groups excluding carboxylic acids is 3. The molecule has 1 unspecified atom stereocenters. The topological polar surface area (TPSA) is 117 Å². The molecule has 8 nitrogen and oxygen atoms in total. The van der Waals surface area contributed by atoms with Gasteiger partial charge in [0.1, 0.15) is 10.9 Å². The van der Waals surface area contributed by atoms with Gasteiger partial charge in [0.2, 0.25) is 5.91 Å². The second-order valence-corrected chi connectivity index (χ2v) is 11.7. The summed E-state index contributed by atoms with van der Waals surface area (Å²) in [6.45, 7) is 6.13. The molecule has 1 heterocycles. The minimum atomic E-state index is -0.714. The van der Waals surface area contributed by atoms with Crippen LogP contribution in [-0.2, 0) is 4.79 Å². The molecule has 0 bridgehead atoms. The van der Waals surface area contributed by atoms with Gasteiger partial charge in [0.25, 0.3) is 11.8 Å². The molecule has 38 heavy (non-hydrogen) atoms. The lowest BCUT2D eigenvalue weighted by Gasteiger charge is -2.31. The first kappa shape index (κ1) is 28.1. The Labute approximate surface area is 229 Å². The monoisotopic (exact) mass is 539 g/mol. The second-order valence-electron chi connectivity index (χ2n) is 10.9. The van der Waals surface area contributed by atoms with Crippen LogP contribution in [0.4, 0.5) is 11.4 Å². The minimum Gasteiger partial charge on any atom is -0.395 e. The number of nitrogens with two attached hydrogens (primary N) is 1. The number of hydrogen-bond donors (Lipinski definition) is 3. The first-order valence-electron chi connectivity index (χ1n) is 14.1. The molecule has 2 fully saturated rings. The average Bonchev–Trinajstić information content (AvgIpc) is 3.57. The predicted octanol–water partition coefficient (Wildman–Crippen LogP) is 5.40. The molecule has 0 saturated heterocycles. The van der Waals surface area contributed by atoms with E-state index in [0.29, 0.717) is 18.0 Å². The highest BCUT2D eigenvalue weighted by Gasteiger charge is 2.35. The van der Waals surface area contributed by atoms with Crippen LogP contribution in [0.25, 0.3) is 0 Å². The maximum absolute atomic E-state index is 14.1. The normalized spacial score (nSPS) is 17.4. The molecule has 206 valence electrons. The van der Waals surface area contributed by atoms with Crippen molar-refractivity contribution in [2.75, 3.05) is 10.6 Å². The number of nitrogens with one attached hydrogen (secondary N) is 2. The molecule has 1 aromatic carbocycles. The molecule has 2 aliphatic rings. The smallest absolute Gasteiger partial charge is 0.273 e. The van der Waals surface area contributed by atoms with E-state index in [9.17, 15) is 14.4 Å². The van der Waals surface area contributed by atoms with Gasteiger partial charge in [0, 0.05) is 17.8 Å². The van der Waals surface area contributed by atoms with Crippen molar-refractivity contribution < 1.29 is 14.4 Å². The van der Waals surface area contributed by atoms with Gasteiger partial charge < -0.3 is 16.4 Å². The number of anilines is 2. The Bertz CT molecular complexity index is 1120. The van der Waals surface area contributed by atoms with Crippen LogP contribution >= 0.6 is 11.5 Å². The summed E-state index contributed by atoms with van der Waals surface area (Å²) < 4.78 is 4.29. The average molecular weight is 540 g/mol. The van der Waals surface area contributed by atoms with Crippen molar-refractivity contribution in [3.8, 4) is 0 Å². The van der Waals surface area contributed by atoms with E-state index >= 15 is 0 Å². The summed E-state index contributed by atoms with van der Waals surface area (Å²) in [7, 11) is 0. The highest BCUT2D eigenvalue weighted by atomic mass is 32.1. The summed E-state index contributed by atoms with van der Waals surface area (Å²) in [6.07, 6.45) is 9.80. The van der Waals surface area contributed by atoms with Crippen LogP contribution in [-0.4, -0.2) is 40.2 Å². The first-order chi connectivity index (χ1) is 18.3. The summed E-state index contributed by atoms with van der Waals surface area (Å²) >= 11 is 0.919. The third-order valence-corrected chi connectivity index (χ3v) is 8.69. The van der Waals surface area contributed by atoms with E-state index in [-0.39, 0.29) is 40.2 Å². The predicted molar refractivity (Wildman–Crippen MR) is 153 cm³/mol. The molecule has 9 heteroatoms. The summed E-state index contributed by atoms with van der Waals surface area (Å²) in [5.74, 6) is -0.590. The standard InChI is InChI=1S/C29H41N5O3S/c1-4-23(27(35)31-20-12-8-9-13-20)34(22-16-14-19(15-17-22)18(2)3)29(37)26-24(30)25(33-38-26)28(36)32-21-10-6-5-7-11-21/h14-18,20-21,23H,4-13,30H2,1-3H3,(H,31,35)(H,32,36). The van der Waals surface area contributed by atoms with Gasteiger partial charge >= 0.3 is 0 Å². The van der Waals surface area contributed by atoms with E-state index in [1.807, 2.05) is 31.2 Å². The van der Waals surface area contributed by atoms with E-state index in [1.54, 1.807) is 0 Å². The van der Waals surface area contributed by atoms with Crippen LogP contribution in [0.2, 0.25) is 0 Å². The molecule has 2 saturated carbocycles. The number of nitrogen functional groups attached to an aromatic ring is 1. The molecule has 0 spiro atoms. The van der Waals surface area contributed by atoms with Crippen LogP contribution in [0.3, 0.4) is 0 Å². The SMILES string of the molecule is CCC(C(=O)NC1CCCC1)N(C(=O)c1snc(C(=O)NC2CCCCC2)c1N)c1ccc(C(C)C)cc1. The van der Waals surface area contributed by atoms with Crippen LogP contribution in [0.1, 0.15) is 117 Å². The number of aromatic nitrogens is 1. The summed E-state index contributed by atoms with van der Waals surface area (Å²) in [5, 5.41) is 6.19. The Kier molecular flexibility index (Phi) is 9.41. The Balaban J connectivity index is 1.62. The zero-order valence-corrected chi connectivity index (χ0v) is 23.6. The van der Waals surface area contributed by atoms with Gasteiger partial charge in [-0.1, -0.05) is 65.0 Å². The van der Waals surface area contributed by atoms with Gasteiger partial charge in [-0.15, -0.1) is 0 Å². The van der Waals surface area contributed by atoms with Crippen molar-refractivity contribution in [3.63, 3.8) is 0 Å². The number of rotatable bonds is 9. The summed E-state index contributed by atoms with van der Waals surface area (Å²) in [5.41, 5.74) is 8.30. The van der Waals surface area contributed by atoms with Crippen LogP contribution < -0.4 is 21.3 Å². The van der Waals surface area contributed by atoms with Crippen LogP contribution in [0.15, 0.2) is 24.3 Å². The van der Waals surface area contributed by atoms with Crippen LogP contribution in [0, 0.1) is 0 Å². The first-order valence-corrected chi connectivity index (χ1v) is 14.9. The fourth-order valence-electron chi connectivity index (χ4n) is 5.54. The number of carbonyl (C=O) groups is 3. The Hall–Kier alpha value is -2.94. The lowest BCUT2D eigenvalue weighted by Crippen LogP contribution is -2.51. The zero-order chi connectivity index (χ0) is 27.2. The van der Waals surface area contributed by atoms with Gasteiger partial charge in [-0.2, -0.15) is 4.37 Å². The molecule has 4 N–H and O–H groups in total. The third-order valence-electron chi connectivity index (χ3n) is 7.84. The lowest BCUT2D eigenvalue weighted by molar-refractivity contribution is -0.123. The van der Waals surface area contributed by atoms with Crippen molar-refractivity contribution in [2.24, 2.45) is 0 Å². The van der Waals surface area contributed by atoms with E-state index in [4.69, 9.17) is 5.73 Å². The largest absolute Gasteiger partial charge is 0.395 e. The molecule has 3 amide bonds. The zero-order valence-electron chi connectivity index (χ0n) is 22.8. The Morgan fingerprint density at radius 3 is 2.13 bits per heavy atom. The lowest BCUT2D eigenvalue weighted by atomic mass is 9.95. The van der Waals surface area contributed by atoms with E-state index in [0.717, 1.165) is 68.5 Å². The fraction of sp³-hybridized carbons (Fsp3) is 0.586. The Morgan fingerprint density at radius 1 is 0.974 bits per heavy atom. The maximum Gasteiger partial charge on any atom is 0.273 e. The van der Waals surface area contributed by atoms with Crippen molar-refractivity contribution in [3.05, 3.63) is 40.4 Å². The molecular formula is C29H41N5O3S. The van der Waals surface area contributed by atoms with Crippen LogP contribution in [0.5, 0.6) is 0 Å². The third kappa shape index (κ3) is 6.37. The molecule has 2 aliphatic carbocycles. The highest BCUT2D eigenvalue weighted by molar-refractivity contribution is 7.09. The maximum atomic E-state index is 14.1. The quantitative estimate of drug-likeness (QED) is 0.395. The molecule has 1 aromatic heterocycles. The molecule has 1 atom stereocenters. The van der Waals surface area contributed by atoms with Crippen molar-refractivity contribution in [1.82, 2.24) is 15.0 Å². The molecule has 2 aromatic rings. The van der Waals surface area contributed by atoms with Gasteiger partial charge in [-0.05, 0) is 67.3 Å². The molecule has 0 radical (unpaired) electrons. The van der Waals surface area contributed by atoms with Crippen molar-refractivity contribution >= 4 is 40.6 Å². The van der Waals surface area contributed by atoms with E-state index < -0.39 is 11.9 Å². The van der Waals surface area contributed by atoms with E-state index in [2.05, 4.69) is 28.9 Å². The Morgan fingerprint density at radius 2 is 1.55 bits per heavy atom. The van der Waals surface area contributed by atoms with Crippen molar-refractivity contribution in [1.29, 1.82) is 0 Å². The minimum absolute atomic E-state index is 0.0724. The summed E-state index contributed by atoms with van der Waals surface area (Å²) in [4.78, 5) is 42.2. The van der Waals surface area contributed by atoms with Crippen molar-refractivity contribution in [2.45, 2.75) is 109 Å². The van der Waals surface area contributed by atoms with Gasteiger partial charge in [0.05, 0.1) is 5.69 Å². The number of amides is 3. The molecular weight excluding hydrogens is 498 g/mol. The van der Waals surface area contributed by atoms with Gasteiger partial charge in [-0.3, -0.25) is 19.3 Å². The highest BCUT2D eigenvalue weighted by Crippen LogP contribution is 2.30. The summed E-state index contributed by atoms with van der Waals surface area (Å²) in [6, 6.07) is 7.27. The van der Waals surface area contributed by atoms with E-state index in [1.165, 1.54) is 11.3 Å². The second kappa shape index (κ2) is 12.7. The molecule has 4 rings (SSSR count). The fourth-order valence-corrected chi connectivity index (χ4v) is 6.27. The van der Waals surface area contributed by atoms with Gasteiger partial charge in [0.15, 0.2) is 5.69 Å². The number of benzene rings is 1. The molecule has 0 aliphatic heterocycles. The number of hydrogen-bond acceptors (Lipinski definition) is 6. The van der Waals surface area contributed by atoms with Gasteiger partial charge in [-0.25, -0.2) is 0 Å².